The number of hydrogen-bond donors (Lipinski definition) is 1. The van der Waals surface area contributed by atoms with Crippen LogP contribution in [0.5, 0.6) is 5.75 Å². The molecule has 1 aromatic carbocycles. The second-order valence-corrected chi connectivity index (χ2v) is 7.51. The van der Waals surface area contributed by atoms with Gasteiger partial charge in [-0.15, -0.1) is 0 Å². The van der Waals surface area contributed by atoms with Crippen molar-refractivity contribution in [1.82, 2.24) is 5.32 Å². The van der Waals surface area contributed by atoms with Gasteiger partial charge in [-0.05, 0) is 38.3 Å². The van der Waals surface area contributed by atoms with Gasteiger partial charge in [-0.3, -0.25) is 5.32 Å². The Kier molecular flexibility index (Phi) is 5.03. The van der Waals surface area contributed by atoms with E-state index in [1.54, 1.807) is 0 Å². The van der Waals surface area contributed by atoms with Crippen LogP contribution in [0.4, 0.5) is 13.2 Å². The second-order valence-electron chi connectivity index (χ2n) is 6.66. The molecule has 0 amide bonds. The molecule has 2 fully saturated rings. The Morgan fingerprint density at radius 3 is 2.88 bits per heavy atom. The van der Waals surface area contributed by atoms with E-state index in [1.165, 1.54) is 0 Å². The highest BCUT2D eigenvalue weighted by Gasteiger charge is 2.51. The largest absolute Gasteiger partial charge is 0.490 e. The number of nitrogens with one attached hydrogen (secondary N) is 1. The highest BCUT2D eigenvalue weighted by molar-refractivity contribution is 9.10. The summed E-state index contributed by atoms with van der Waals surface area (Å²) in [6.07, 6.45) is -2.58. The Balaban J connectivity index is 1.77. The molecule has 4 nitrogen and oxygen atoms in total. The highest BCUT2D eigenvalue weighted by atomic mass is 79.9. The smallest absolute Gasteiger partial charge is 0.490 e. The number of alkyl halides is 3. The topological polar surface area (TPSA) is 47.6 Å². The summed E-state index contributed by atoms with van der Waals surface area (Å²) in [6.45, 7) is 1.90. The number of rotatable bonds is 3. The molecule has 2 bridgehead atoms. The van der Waals surface area contributed by atoms with Gasteiger partial charge in [0.05, 0.1) is 0 Å². The number of esters is 1. The average molecular weight is 422 g/mol. The molecule has 1 N–H and O–H groups in total. The van der Waals surface area contributed by atoms with E-state index in [2.05, 4.69) is 21.2 Å². The standard InChI is InChI=1S/C17H19BrF3NO3/c1-10-13(18)5-2-6-14(10)24-12-8-11-4-3-7-16(9-12,22-11)25-15(23)17(19,20)21/h2,5-6,11-12,22H,3-4,7-9H2,1H3. The lowest BCUT2D eigenvalue weighted by molar-refractivity contribution is -0.226. The summed E-state index contributed by atoms with van der Waals surface area (Å²) in [5.74, 6) is -1.48. The van der Waals surface area contributed by atoms with Gasteiger partial charge in [0.1, 0.15) is 11.9 Å². The zero-order valence-corrected chi connectivity index (χ0v) is 15.2. The summed E-state index contributed by atoms with van der Waals surface area (Å²) >= 11 is 3.44. The molecule has 2 heterocycles. The molecule has 0 radical (unpaired) electrons. The molecule has 0 spiro atoms. The monoisotopic (exact) mass is 421 g/mol. The van der Waals surface area contributed by atoms with Gasteiger partial charge >= 0.3 is 12.1 Å². The number of fused-ring (bicyclic) bond motifs is 2. The first-order valence-corrected chi connectivity index (χ1v) is 8.97. The first kappa shape index (κ1) is 18.5. The van der Waals surface area contributed by atoms with Crippen LogP contribution in [-0.4, -0.2) is 30.0 Å². The number of halogens is 4. The number of benzene rings is 1. The fraction of sp³-hybridized carbons (Fsp3) is 0.588. The van der Waals surface area contributed by atoms with Gasteiger partial charge in [0.15, 0.2) is 5.72 Å². The number of hydrogen-bond acceptors (Lipinski definition) is 4. The first-order valence-electron chi connectivity index (χ1n) is 8.18. The maximum absolute atomic E-state index is 12.6. The Bertz CT molecular complexity index is 667. The lowest BCUT2D eigenvalue weighted by Gasteiger charge is -2.48. The molecular formula is C17H19BrF3NO3. The Morgan fingerprint density at radius 2 is 2.16 bits per heavy atom. The van der Waals surface area contributed by atoms with E-state index >= 15 is 0 Å². The third kappa shape index (κ3) is 4.11. The van der Waals surface area contributed by atoms with Crippen molar-refractivity contribution in [2.45, 2.75) is 63.1 Å². The average Bonchev–Trinajstić information content (AvgIpc) is 2.50. The van der Waals surface area contributed by atoms with E-state index in [0.29, 0.717) is 25.0 Å². The number of carbonyl (C=O) groups excluding carboxylic acids is 1. The maximum Gasteiger partial charge on any atom is 0.490 e. The van der Waals surface area contributed by atoms with E-state index in [4.69, 9.17) is 9.47 Å². The van der Waals surface area contributed by atoms with Gasteiger partial charge in [-0.25, -0.2) is 4.79 Å². The van der Waals surface area contributed by atoms with Crippen LogP contribution in [0, 0.1) is 6.92 Å². The zero-order chi connectivity index (χ0) is 18.2. The zero-order valence-electron chi connectivity index (χ0n) is 13.7. The van der Waals surface area contributed by atoms with E-state index in [0.717, 1.165) is 16.5 Å². The Labute approximate surface area is 152 Å². The molecule has 3 unspecified atom stereocenters. The van der Waals surface area contributed by atoms with Crippen molar-refractivity contribution < 1.29 is 27.4 Å². The number of piperidine rings is 2. The predicted molar refractivity (Wildman–Crippen MR) is 88.2 cm³/mol. The van der Waals surface area contributed by atoms with Gasteiger partial charge in [-0.1, -0.05) is 22.0 Å². The first-order chi connectivity index (χ1) is 11.7. The molecule has 3 rings (SSSR count). The van der Waals surface area contributed by atoms with E-state index < -0.39 is 17.9 Å². The molecule has 0 aromatic heterocycles. The Morgan fingerprint density at radius 1 is 1.40 bits per heavy atom. The van der Waals surface area contributed by atoms with Crippen LogP contribution in [0.25, 0.3) is 0 Å². The van der Waals surface area contributed by atoms with E-state index in [1.807, 2.05) is 25.1 Å². The van der Waals surface area contributed by atoms with Crippen LogP contribution in [0.1, 0.15) is 37.7 Å². The van der Waals surface area contributed by atoms with Crippen molar-refractivity contribution in [2.24, 2.45) is 0 Å². The van der Waals surface area contributed by atoms with E-state index in [9.17, 15) is 18.0 Å². The summed E-state index contributed by atoms with van der Waals surface area (Å²) in [6, 6.07) is 5.53. The quantitative estimate of drug-likeness (QED) is 0.741. The highest BCUT2D eigenvalue weighted by Crippen LogP contribution is 2.39. The summed E-state index contributed by atoms with van der Waals surface area (Å²) in [4.78, 5) is 11.4. The van der Waals surface area contributed by atoms with E-state index in [-0.39, 0.29) is 18.6 Å². The van der Waals surface area contributed by atoms with Gasteiger partial charge < -0.3 is 9.47 Å². The lowest BCUT2D eigenvalue weighted by atomic mass is 9.82. The van der Waals surface area contributed by atoms with Gasteiger partial charge in [-0.2, -0.15) is 13.2 Å². The summed E-state index contributed by atoms with van der Waals surface area (Å²) in [5.41, 5.74) is -0.384. The van der Waals surface area contributed by atoms with Crippen LogP contribution < -0.4 is 10.1 Å². The van der Waals surface area contributed by atoms with Crippen molar-refractivity contribution in [3.05, 3.63) is 28.2 Å². The van der Waals surface area contributed by atoms with Crippen LogP contribution in [0.3, 0.4) is 0 Å². The minimum absolute atomic E-state index is 0.0269. The van der Waals surface area contributed by atoms with Crippen molar-refractivity contribution in [3.8, 4) is 5.75 Å². The summed E-state index contributed by atoms with van der Waals surface area (Å²) in [7, 11) is 0. The maximum atomic E-state index is 12.6. The van der Waals surface area contributed by atoms with Gasteiger partial charge in [0.2, 0.25) is 0 Å². The van der Waals surface area contributed by atoms with Crippen LogP contribution in [0.2, 0.25) is 0 Å². The minimum Gasteiger partial charge on any atom is -0.490 e. The van der Waals surface area contributed by atoms with Crippen molar-refractivity contribution in [1.29, 1.82) is 0 Å². The fourth-order valence-electron chi connectivity index (χ4n) is 3.60. The van der Waals surface area contributed by atoms with Crippen LogP contribution in [0.15, 0.2) is 22.7 Å². The fourth-order valence-corrected chi connectivity index (χ4v) is 3.95. The molecule has 1 aromatic rings. The molecule has 138 valence electrons. The van der Waals surface area contributed by atoms with Gasteiger partial charge in [0, 0.05) is 28.9 Å². The normalized spacial score (nSPS) is 29.2. The molecule has 2 aliphatic heterocycles. The van der Waals surface area contributed by atoms with Crippen molar-refractivity contribution >= 4 is 21.9 Å². The number of carbonyl (C=O) groups is 1. The molecule has 0 aliphatic carbocycles. The molecular weight excluding hydrogens is 403 g/mol. The summed E-state index contributed by atoms with van der Waals surface area (Å²) in [5, 5.41) is 3.08. The molecule has 8 heteroatoms. The molecule has 2 saturated heterocycles. The minimum atomic E-state index is -5.00. The second kappa shape index (κ2) is 6.79. The molecule has 3 atom stereocenters. The van der Waals surface area contributed by atoms with Crippen molar-refractivity contribution in [2.75, 3.05) is 0 Å². The molecule has 0 saturated carbocycles. The summed E-state index contributed by atoms with van der Waals surface area (Å²) < 4.78 is 49.7. The third-order valence-electron chi connectivity index (χ3n) is 4.74. The predicted octanol–water partition coefficient (Wildman–Crippen LogP) is 4.24. The van der Waals surface area contributed by atoms with Crippen LogP contribution >= 0.6 is 15.9 Å². The SMILES string of the molecule is Cc1c(Br)cccc1OC1CC2CCCC(OC(=O)C(F)(F)F)(C1)N2. The number of ether oxygens (including phenoxy) is 2. The lowest BCUT2D eigenvalue weighted by Crippen LogP contribution is -2.63. The Hall–Kier alpha value is -1.28. The van der Waals surface area contributed by atoms with Crippen LogP contribution in [-0.2, 0) is 9.53 Å². The molecule has 25 heavy (non-hydrogen) atoms. The van der Waals surface area contributed by atoms with Gasteiger partial charge in [0.25, 0.3) is 0 Å². The van der Waals surface area contributed by atoms with Crippen molar-refractivity contribution in [3.63, 3.8) is 0 Å². The third-order valence-corrected chi connectivity index (χ3v) is 5.60. The molecule has 2 aliphatic rings.